The third-order valence-electron chi connectivity index (χ3n) is 3.55. The van der Waals surface area contributed by atoms with Crippen LogP contribution in [0.3, 0.4) is 0 Å². The summed E-state index contributed by atoms with van der Waals surface area (Å²) in [5, 5.41) is 12.5. The van der Waals surface area contributed by atoms with E-state index < -0.39 is 0 Å². The number of likely N-dealkylation sites (tertiary alicyclic amines) is 1. The molecular weight excluding hydrogens is 240 g/mol. The van der Waals surface area contributed by atoms with E-state index in [0.717, 1.165) is 44.0 Å². The first-order valence-corrected chi connectivity index (χ1v) is 7.06. The molecule has 1 saturated heterocycles. The van der Waals surface area contributed by atoms with Gasteiger partial charge in [-0.3, -0.25) is 0 Å². The molecular formula is C14H24N4O. The maximum Gasteiger partial charge on any atom is 0.223 e. The van der Waals surface area contributed by atoms with Crippen LogP contribution in [0.25, 0.3) is 0 Å². The molecule has 1 aromatic rings. The highest BCUT2D eigenvalue weighted by Gasteiger charge is 2.18. The molecule has 19 heavy (non-hydrogen) atoms. The first-order valence-electron chi connectivity index (χ1n) is 7.06. The van der Waals surface area contributed by atoms with Crippen molar-refractivity contribution in [1.82, 2.24) is 14.9 Å². The van der Waals surface area contributed by atoms with Gasteiger partial charge < -0.3 is 15.3 Å². The summed E-state index contributed by atoms with van der Waals surface area (Å²) in [6, 6.07) is 1.97. The van der Waals surface area contributed by atoms with Crippen LogP contribution in [0, 0.1) is 19.8 Å². The van der Waals surface area contributed by atoms with Crippen LogP contribution in [0.4, 0.5) is 5.95 Å². The Kier molecular flexibility index (Phi) is 5.10. The van der Waals surface area contributed by atoms with E-state index in [1.165, 1.54) is 6.42 Å². The molecule has 0 spiro atoms. The van der Waals surface area contributed by atoms with Crippen molar-refractivity contribution in [2.75, 3.05) is 38.1 Å². The second-order valence-electron chi connectivity index (χ2n) is 5.39. The smallest absolute Gasteiger partial charge is 0.223 e. The van der Waals surface area contributed by atoms with Crippen LogP contribution in [-0.2, 0) is 0 Å². The Morgan fingerprint density at radius 1 is 1.37 bits per heavy atom. The zero-order chi connectivity index (χ0) is 13.7. The Morgan fingerprint density at radius 3 is 2.79 bits per heavy atom. The van der Waals surface area contributed by atoms with Crippen molar-refractivity contribution in [2.24, 2.45) is 5.92 Å². The highest BCUT2D eigenvalue weighted by Crippen LogP contribution is 2.15. The van der Waals surface area contributed by atoms with Gasteiger partial charge in [0.05, 0.1) is 0 Å². The van der Waals surface area contributed by atoms with E-state index in [0.29, 0.717) is 18.5 Å². The molecule has 0 aromatic carbocycles. The summed E-state index contributed by atoms with van der Waals surface area (Å²) >= 11 is 0. The molecule has 2 N–H and O–H groups in total. The topological polar surface area (TPSA) is 61.3 Å². The fourth-order valence-corrected chi connectivity index (χ4v) is 2.63. The quantitative estimate of drug-likeness (QED) is 0.837. The van der Waals surface area contributed by atoms with Gasteiger partial charge in [0.2, 0.25) is 5.95 Å². The average Bonchev–Trinajstić information content (AvgIpc) is 2.38. The molecule has 0 unspecified atom stereocenters. The van der Waals surface area contributed by atoms with Crippen LogP contribution in [-0.4, -0.2) is 52.8 Å². The van der Waals surface area contributed by atoms with E-state index in [9.17, 15) is 5.11 Å². The fourth-order valence-electron chi connectivity index (χ4n) is 2.63. The molecule has 5 heteroatoms. The largest absolute Gasteiger partial charge is 0.396 e. The van der Waals surface area contributed by atoms with Crippen LogP contribution >= 0.6 is 0 Å². The predicted octanol–water partition coefficient (Wildman–Crippen LogP) is 1.21. The summed E-state index contributed by atoms with van der Waals surface area (Å²) in [5.74, 6) is 1.17. The molecule has 106 valence electrons. The number of nitrogens with zero attached hydrogens (tertiary/aromatic N) is 3. The first-order chi connectivity index (χ1) is 9.17. The monoisotopic (exact) mass is 264 g/mol. The van der Waals surface area contributed by atoms with E-state index in [-0.39, 0.29) is 0 Å². The molecule has 0 amide bonds. The average molecular weight is 264 g/mol. The van der Waals surface area contributed by atoms with Gasteiger partial charge in [0.25, 0.3) is 0 Å². The Hall–Kier alpha value is -1.20. The molecule has 0 radical (unpaired) electrons. The molecule has 1 fully saturated rings. The van der Waals surface area contributed by atoms with Crippen molar-refractivity contribution in [3.05, 3.63) is 17.5 Å². The van der Waals surface area contributed by atoms with Gasteiger partial charge in [-0.15, -0.1) is 0 Å². The standard InChI is InChI=1S/C14H24N4O/c1-11-8-12(2)17-14(16-11)15-5-7-18-6-3-4-13(9-18)10-19/h8,13,19H,3-7,9-10H2,1-2H3,(H,15,16,17)/t13-/m1/s1. The lowest BCUT2D eigenvalue weighted by molar-refractivity contribution is 0.123. The summed E-state index contributed by atoms with van der Waals surface area (Å²) in [4.78, 5) is 11.1. The lowest BCUT2D eigenvalue weighted by atomic mass is 9.99. The summed E-state index contributed by atoms with van der Waals surface area (Å²) in [6.45, 7) is 8.24. The Bertz CT molecular complexity index is 390. The SMILES string of the molecule is Cc1cc(C)nc(NCCN2CCC[C@@H](CO)C2)n1. The molecule has 0 bridgehead atoms. The molecule has 1 aliphatic rings. The lowest BCUT2D eigenvalue weighted by Gasteiger charge is -2.31. The fraction of sp³-hybridized carbons (Fsp3) is 0.714. The molecule has 0 aliphatic carbocycles. The molecule has 0 saturated carbocycles. The predicted molar refractivity (Wildman–Crippen MR) is 76.2 cm³/mol. The minimum absolute atomic E-state index is 0.310. The zero-order valence-electron chi connectivity index (χ0n) is 11.9. The Labute approximate surface area is 115 Å². The van der Waals surface area contributed by atoms with Gasteiger partial charge in [0, 0.05) is 37.6 Å². The number of aliphatic hydroxyl groups excluding tert-OH is 1. The third kappa shape index (κ3) is 4.44. The Balaban J connectivity index is 1.76. The number of hydrogen-bond acceptors (Lipinski definition) is 5. The minimum Gasteiger partial charge on any atom is -0.396 e. The van der Waals surface area contributed by atoms with E-state index in [2.05, 4.69) is 20.2 Å². The van der Waals surface area contributed by atoms with Gasteiger partial charge in [0.1, 0.15) is 0 Å². The highest BCUT2D eigenvalue weighted by atomic mass is 16.3. The van der Waals surface area contributed by atoms with Crippen LogP contribution in [0.5, 0.6) is 0 Å². The number of aromatic nitrogens is 2. The molecule has 5 nitrogen and oxygen atoms in total. The summed E-state index contributed by atoms with van der Waals surface area (Å²) in [5.41, 5.74) is 1.99. The van der Waals surface area contributed by atoms with Crippen molar-refractivity contribution in [2.45, 2.75) is 26.7 Å². The highest BCUT2D eigenvalue weighted by molar-refractivity contribution is 5.27. The van der Waals surface area contributed by atoms with Gasteiger partial charge in [-0.2, -0.15) is 0 Å². The van der Waals surface area contributed by atoms with Crippen LogP contribution in [0.15, 0.2) is 6.07 Å². The van der Waals surface area contributed by atoms with E-state index in [4.69, 9.17) is 0 Å². The summed E-state index contributed by atoms with van der Waals surface area (Å²) in [7, 11) is 0. The molecule has 1 aromatic heterocycles. The van der Waals surface area contributed by atoms with Gasteiger partial charge in [-0.1, -0.05) is 0 Å². The number of piperidine rings is 1. The lowest BCUT2D eigenvalue weighted by Crippen LogP contribution is -2.39. The zero-order valence-corrected chi connectivity index (χ0v) is 11.9. The maximum absolute atomic E-state index is 9.21. The van der Waals surface area contributed by atoms with Crippen LogP contribution in [0.1, 0.15) is 24.2 Å². The van der Waals surface area contributed by atoms with Crippen molar-refractivity contribution in [1.29, 1.82) is 0 Å². The Morgan fingerprint density at radius 2 is 2.11 bits per heavy atom. The normalized spacial score (nSPS) is 20.5. The van der Waals surface area contributed by atoms with Gasteiger partial charge in [-0.05, 0) is 45.2 Å². The molecule has 1 aliphatic heterocycles. The van der Waals surface area contributed by atoms with Crippen LogP contribution < -0.4 is 5.32 Å². The third-order valence-corrected chi connectivity index (χ3v) is 3.55. The number of anilines is 1. The molecule has 2 heterocycles. The second-order valence-corrected chi connectivity index (χ2v) is 5.39. The van der Waals surface area contributed by atoms with Crippen molar-refractivity contribution >= 4 is 5.95 Å². The number of hydrogen-bond donors (Lipinski definition) is 2. The van der Waals surface area contributed by atoms with E-state index >= 15 is 0 Å². The van der Waals surface area contributed by atoms with Crippen LogP contribution in [0.2, 0.25) is 0 Å². The van der Waals surface area contributed by atoms with Crippen molar-refractivity contribution < 1.29 is 5.11 Å². The first kappa shape index (κ1) is 14.2. The molecule has 1 atom stereocenters. The van der Waals surface area contributed by atoms with E-state index in [1.54, 1.807) is 0 Å². The van der Waals surface area contributed by atoms with Gasteiger partial charge in [-0.25, -0.2) is 9.97 Å². The number of aliphatic hydroxyl groups is 1. The number of aryl methyl sites for hydroxylation is 2. The van der Waals surface area contributed by atoms with E-state index in [1.807, 2.05) is 19.9 Å². The maximum atomic E-state index is 9.21. The summed E-state index contributed by atoms with van der Waals surface area (Å²) < 4.78 is 0. The molecule has 2 rings (SSSR count). The van der Waals surface area contributed by atoms with Crippen molar-refractivity contribution in [3.63, 3.8) is 0 Å². The number of nitrogens with one attached hydrogen (secondary N) is 1. The summed E-state index contributed by atoms with van der Waals surface area (Å²) in [6.07, 6.45) is 2.34. The van der Waals surface area contributed by atoms with Gasteiger partial charge >= 0.3 is 0 Å². The second kappa shape index (κ2) is 6.82. The van der Waals surface area contributed by atoms with Crippen molar-refractivity contribution in [3.8, 4) is 0 Å². The minimum atomic E-state index is 0.310. The number of rotatable bonds is 5. The van der Waals surface area contributed by atoms with Gasteiger partial charge in [0.15, 0.2) is 0 Å².